The van der Waals surface area contributed by atoms with Gasteiger partial charge >= 0.3 is 0 Å². The van der Waals surface area contributed by atoms with Crippen LogP contribution < -0.4 is 5.32 Å². The number of hydrogen-bond donors (Lipinski definition) is 1. The van der Waals surface area contributed by atoms with E-state index in [1.165, 1.54) is 6.07 Å². The fourth-order valence-corrected chi connectivity index (χ4v) is 1.97. The first kappa shape index (κ1) is 10.2. The van der Waals surface area contributed by atoms with Crippen molar-refractivity contribution in [3.63, 3.8) is 0 Å². The summed E-state index contributed by atoms with van der Waals surface area (Å²) in [4.78, 5) is 2.08. The molecule has 0 aliphatic carbocycles. The van der Waals surface area contributed by atoms with Gasteiger partial charge in [-0.15, -0.1) is 0 Å². The van der Waals surface area contributed by atoms with Crippen molar-refractivity contribution in [3.8, 4) is 0 Å². The van der Waals surface area contributed by atoms with Gasteiger partial charge in [-0.25, -0.2) is 4.39 Å². The second kappa shape index (κ2) is 4.45. The lowest BCUT2D eigenvalue weighted by Crippen LogP contribution is -2.43. The van der Waals surface area contributed by atoms with Crippen LogP contribution in [0, 0.1) is 5.82 Å². The number of rotatable bonds is 2. The molecule has 80 valence electrons. The van der Waals surface area contributed by atoms with Crippen molar-refractivity contribution in [2.45, 2.75) is 6.04 Å². The normalized spacial score (nSPS) is 21.4. The van der Waals surface area contributed by atoms with E-state index >= 15 is 0 Å². The average molecular weight is 206 g/mol. The van der Waals surface area contributed by atoms with Crippen LogP contribution in [-0.4, -0.2) is 24.5 Å². The molecule has 2 nitrogen and oxygen atoms in total. The van der Waals surface area contributed by atoms with E-state index in [1.54, 1.807) is 12.3 Å². The topological polar surface area (TPSA) is 15.3 Å². The van der Waals surface area contributed by atoms with Crippen molar-refractivity contribution in [3.05, 3.63) is 48.4 Å². The summed E-state index contributed by atoms with van der Waals surface area (Å²) in [5, 5.41) is 3.27. The summed E-state index contributed by atoms with van der Waals surface area (Å²) in [5.41, 5.74) is 0.740. The van der Waals surface area contributed by atoms with Crippen molar-refractivity contribution in [1.82, 2.24) is 10.2 Å². The van der Waals surface area contributed by atoms with Crippen LogP contribution in [0.15, 0.2) is 37.0 Å². The van der Waals surface area contributed by atoms with Gasteiger partial charge in [0.25, 0.3) is 0 Å². The van der Waals surface area contributed by atoms with Crippen LogP contribution >= 0.6 is 0 Å². The molecule has 0 saturated carbocycles. The predicted molar refractivity (Wildman–Crippen MR) is 58.9 cm³/mol. The van der Waals surface area contributed by atoms with Crippen molar-refractivity contribution in [1.29, 1.82) is 0 Å². The second-order valence-electron chi connectivity index (χ2n) is 3.66. The summed E-state index contributed by atoms with van der Waals surface area (Å²) >= 11 is 0. The molecule has 1 atom stereocenters. The maximum atomic E-state index is 13.6. The van der Waals surface area contributed by atoms with E-state index in [0.29, 0.717) is 0 Å². The summed E-state index contributed by atoms with van der Waals surface area (Å²) in [6.07, 6.45) is 1.79. The highest BCUT2D eigenvalue weighted by atomic mass is 19.1. The third-order valence-corrected chi connectivity index (χ3v) is 2.78. The Kier molecular flexibility index (Phi) is 3.02. The highest BCUT2D eigenvalue weighted by Crippen LogP contribution is 2.24. The zero-order valence-electron chi connectivity index (χ0n) is 8.62. The van der Waals surface area contributed by atoms with Crippen molar-refractivity contribution in [2.24, 2.45) is 0 Å². The molecule has 0 bridgehead atoms. The summed E-state index contributed by atoms with van der Waals surface area (Å²) in [6.45, 7) is 6.34. The zero-order valence-corrected chi connectivity index (χ0v) is 8.62. The first-order chi connectivity index (χ1) is 7.33. The molecule has 1 aromatic rings. The van der Waals surface area contributed by atoms with Gasteiger partial charge in [0.1, 0.15) is 5.82 Å². The molecule has 1 N–H and O–H groups in total. The summed E-state index contributed by atoms with van der Waals surface area (Å²) in [5.74, 6) is -0.141. The molecule has 1 saturated heterocycles. The lowest BCUT2D eigenvalue weighted by Gasteiger charge is -2.35. The van der Waals surface area contributed by atoms with E-state index in [2.05, 4.69) is 16.8 Å². The van der Waals surface area contributed by atoms with E-state index in [-0.39, 0.29) is 11.9 Å². The smallest absolute Gasteiger partial charge is 0.128 e. The number of nitrogens with zero attached hydrogens (tertiary/aromatic N) is 1. The predicted octanol–water partition coefficient (Wildman–Crippen LogP) is 1.92. The molecule has 1 aromatic carbocycles. The highest BCUT2D eigenvalue weighted by Gasteiger charge is 2.22. The molecule has 15 heavy (non-hydrogen) atoms. The lowest BCUT2D eigenvalue weighted by molar-refractivity contribution is 0.227. The minimum absolute atomic E-state index is 0.0671. The van der Waals surface area contributed by atoms with Gasteiger partial charge < -0.3 is 10.2 Å². The standard InChI is InChI=1S/C12H15FN2/c1-2-15-8-7-14-9-12(15)10-5-3-4-6-11(10)13/h2-6,12,14H,1,7-9H2. The van der Waals surface area contributed by atoms with Crippen molar-refractivity contribution in [2.75, 3.05) is 19.6 Å². The molecule has 1 unspecified atom stereocenters. The molecule has 0 amide bonds. The van der Waals surface area contributed by atoms with E-state index in [0.717, 1.165) is 25.2 Å². The molecule has 0 radical (unpaired) electrons. The first-order valence-corrected chi connectivity index (χ1v) is 5.16. The molecule has 0 aromatic heterocycles. The van der Waals surface area contributed by atoms with Crippen LogP contribution in [0.4, 0.5) is 4.39 Å². The fourth-order valence-electron chi connectivity index (χ4n) is 1.97. The number of hydrogen-bond acceptors (Lipinski definition) is 2. The van der Waals surface area contributed by atoms with Crippen LogP contribution in [-0.2, 0) is 0 Å². The van der Waals surface area contributed by atoms with E-state index in [4.69, 9.17) is 0 Å². The molecule has 1 fully saturated rings. The van der Waals surface area contributed by atoms with Gasteiger partial charge in [0.2, 0.25) is 0 Å². The molecule has 0 spiro atoms. The maximum absolute atomic E-state index is 13.6. The van der Waals surface area contributed by atoms with E-state index < -0.39 is 0 Å². The number of piperazine rings is 1. The average Bonchev–Trinajstić information content (AvgIpc) is 2.30. The van der Waals surface area contributed by atoms with Gasteiger partial charge in [-0.2, -0.15) is 0 Å². The van der Waals surface area contributed by atoms with Crippen molar-refractivity contribution >= 4 is 0 Å². The van der Waals surface area contributed by atoms with Crippen LogP contribution in [0.5, 0.6) is 0 Å². The quantitative estimate of drug-likeness (QED) is 0.795. The Balaban J connectivity index is 2.28. The molecule has 1 aliphatic heterocycles. The Morgan fingerprint density at radius 1 is 1.47 bits per heavy atom. The maximum Gasteiger partial charge on any atom is 0.128 e. The molecule has 1 heterocycles. The third-order valence-electron chi connectivity index (χ3n) is 2.78. The largest absolute Gasteiger partial charge is 0.368 e. The van der Waals surface area contributed by atoms with Crippen LogP contribution in [0.25, 0.3) is 0 Å². The summed E-state index contributed by atoms with van der Waals surface area (Å²) < 4.78 is 13.6. The van der Waals surface area contributed by atoms with Crippen LogP contribution in [0.2, 0.25) is 0 Å². The Labute approximate surface area is 89.4 Å². The van der Waals surface area contributed by atoms with Gasteiger partial charge in [-0.3, -0.25) is 0 Å². The fraction of sp³-hybridized carbons (Fsp3) is 0.333. The number of benzene rings is 1. The Morgan fingerprint density at radius 2 is 2.27 bits per heavy atom. The molecule has 1 aliphatic rings. The van der Waals surface area contributed by atoms with Gasteiger partial charge in [0, 0.05) is 25.2 Å². The molecular formula is C12H15FN2. The zero-order chi connectivity index (χ0) is 10.7. The SMILES string of the molecule is C=CN1CCNCC1c1ccccc1F. The molecule has 3 heteroatoms. The summed E-state index contributed by atoms with van der Waals surface area (Å²) in [6, 6.07) is 6.99. The number of halogens is 1. The molecular weight excluding hydrogens is 191 g/mol. The Bertz CT molecular complexity index is 351. The molecule has 2 rings (SSSR count). The Hall–Kier alpha value is -1.35. The van der Waals surface area contributed by atoms with E-state index in [9.17, 15) is 4.39 Å². The highest BCUT2D eigenvalue weighted by molar-refractivity contribution is 5.22. The minimum Gasteiger partial charge on any atom is -0.368 e. The Morgan fingerprint density at radius 3 is 3.00 bits per heavy atom. The van der Waals surface area contributed by atoms with Crippen LogP contribution in [0.3, 0.4) is 0 Å². The van der Waals surface area contributed by atoms with E-state index in [1.807, 2.05) is 12.1 Å². The van der Waals surface area contributed by atoms with Gasteiger partial charge in [0.05, 0.1) is 6.04 Å². The van der Waals surface area contributed by atoms with Crippen molar-refractivity contribution < 1.29 is 4.39 Å². The monoisotopic (exact) mass is 206 g/mol. The van der Waals surface area contributed by atoms with Gasteiger partial charge in [-0.05, 0) is 12.3 Å². The first-order valence-electron chi connectivity index (χ1n) is 5.16. The second-order valence-corrected chi connectivity index (χ2v) is 3.66. The lowest BCUT2D eigenvalue weighted by atomic mass is 10.0. The summed E-state index contributed by atoms with van der Waals surface area (Å²) in [7, 11) is 0. The van der Waals surface area contributed by atoms with Gasteiger partial charge in [-0.1, -0.05) is 24.8 Å². The third kappa shape index (κ3) is 2.02. The number of nitrogens with one attached hydrogen (secondary N) is 1. The van der Waals surface area contributed by atoms with Crippen LogP contribution in [0.1, 0.15) is 11.6 Å². The minimum atomic E-state index is -0.141. The van der Waals surface area contributed by atoms with Gasteiger partial charge in [0.15, 0.2) is 0 Å².